The van der Waals surface area contributed by atoms with Gasteiger partial charge in [0.25, 0.3) is 5.56 Å². The Kier molecular flexibility index (Phi) is 7.02. The summed E-state index contributed by atoms with van der Waals surface area (Å²) < 4.78 is 13.4. The van der Waals surface area contributed by atoms with Gasteiger partial charge in [-0.1, -0.05) is 26.0 Å². The van der Waals surface area contributed by atoms with Gasteiger partial charge in [0.2, 0.25) is 0 Å². The first-order valence-corrected chi connectivity index (χ1v) is 12.7. The van der Waals surface area contributed by atoms with Crippen LogP contribution in [0.2, 0.25) is 0 Å². The van der Waals surface area contributed by atoms with Crippen LogP contribution in [-0.2, 0) is 24.4 Å². The highest BCUT2D eigenvalue weighted by molar-refractivity contribution is 5.85. The van der Waals surface area contributed by atoms with Crippen molar-refractivity contribution in [3.63, 3.8) is 0 Å². The van der Waals surface area contributed by atoms with Crippen LogP contribution in [0.15, 0.2) is 45.8 Å². The number of ether oxygens (including phenoxy) is 1. The molecular formula is C27H34N6O3. The number of aromatic nitrogens is 5. The van der Waals surface area contributed by atoms with Crippen molar-refractivity contribution in [2.24, 2.45) is 5.92 Å². The number of fused-ring (bicyclic) bond motifs is 1. The van der Waals surface area contributed by atoms with E-state index >= 15 is 0 Å². The molecule has 5 rings (SSSR count). The van der Waals surface area contributed by atoms with Gasteiger partial charge in [-0.25, -0.2) is 4.68 Å². The molecular weight excluding hydrogens is 456 g/mol. The lowest BCUT2D eigenvalue weighted by Gasteiger charge is -2.33. The topological polar surface area (TPSA) is 102 Å². The Bertz CT molecular complexity index is 1370. The summed E-state index contributed by atoms with van der Waals surface area (Å²) >= 11 is 0. The van der Waals surface area contributed by atoms with Crippen LogP contribution in [0.5, 0.6) is 0 Å². The van der Waals surface area contributed by atoms with Gasteiger partial charge in [-0.3, -0.25) is 9.69 Å². The molecule has 1 saturated heterocycles. The Hall–Kier alpha value is -3.30. The van der Waals surface area contributed by atoms with Crippen molar-refractivity contribution in [3.8, 4) is 0 Å². The minimum atomic E-state index is -0.139. The number of aryl methyl sites for hydroxylation is 2. The molecule has 9 nitrogen and oxygen atoms in total. The van der Waals surface area contributed by atoms with Crippen LogP contribution >= 0.6 is 0 Å². The maximum atomic E-state index is 13.2. The highest BCUT2D eigenvalue weighted by Gasteiger charge is 2.31. The average Bonchev–Trinajstić information content (AvgIpc) is 3.62. The standard InChI is InChI=1S/C27H34N6O3/c1-17(2)25(26-29-30-31-33(26)16-22-8-6-12-36-22)32(15-21-7-5-11-35-21)14-20-13-23-18(3)9-10-19(4)24(23)28-27(20)34/h5,7,9-11,13,17,22,25H,6,8,12,14-16H2,1-4H3,(H,28,34)/t22-,25-/m0/s1. The summed E-state index contributed by atoms with van der Waals surface area (Å²) in [6.07, 6.45) is 3.86. The fraction of sp³-hybridized carbons (Fsp3) is 0.481. The molecule has 0 radical (unpaired) electrons. The maximum Gasteiger partial charge on any atom is 0.252 e. The number of benzene rings is 1. The third-order valence-electron chi connectivity index (χ3n) is 7.08. The number of nitrogens with zero attached hydrogens (tertiary/aromatic N) is 5. The molecule has 1 aliphatic rings. The zero-order valence-electron chi connectivity index (χ0n) is 21.4. The largest absolute Gasteiger partial charge is 0.468 e. The van der Waals surface area contributed by atoms with Crippen LogP contribution in [0.3, 0.4) is 0 Å². The summed E-state index contributed by atoms with van der Waals surface area (Å²) in [5, 5.41) is 13.8. The number of tetrazole rings is 1. The van der Waals surface area contributed by atoms with Crippen molar-refractivity contribution in [2.45, 2.75) is 72.3 Å². The van der Waals surface area contributed by atoms with Crippen LogP contribution in [-0.4, -0.2) is 42.8 Å². The number of nitrogens with one attached hydrogen (secondary N) is 1. The first-order valence-electron chi connectivity index (χ1n) is 12.7. The number of hydrogen-bond acceptors (Lipinski definition) is 7. The van der Waals surface area contributed by atoms with Crippen molar-refractivity contribution in [1.29, 1.82) is 0 Å². The number of pyridine rings is 1. The van der Waals surface area contributed by atoms with E-state index in [0.29, 0.717) is 25.2 Å². The lowest BCUT2D eigenvalue weighted by atomic mass is 9.99. The molecule has 4 heterocycles. The van der Waals surface area contributed by atoms with Gasteiger partial charge in [0, 0.05) is 24.1 Å². The van der Waals surface area contributed by atoms with Gasteiger partial charge >= 0.3 is 0 Å². The molecule has 1 N–H and O–H groups in total. The molecule has 190 valence electrons. The van der Waals surface area contributed by atoms with Gasteiger partial charge < -0.3 is 14.1 Å². The second-order valence-electron chi connectivity index (χ2n) is 10.1. The summed E-state index contributed by atoms with van der Waals surface area (Å²) in [5.41, 5.74) is 3.70. The summed E-state index contributed by atoms with van der Waals surface area (Å²) in [5.74, 6) is 1.78. The van der Waals surface area contributed by atoms with E-state index in [1.54, 1.807) is 6.26 Å². The molecule has 4 aromatic rings. The van der Waals surface area contributed by atoms with E-state index in [-0.39, 0.29) is 23.6 Å². The molecule has 2 atom stereocenters. The van der Waals surface area contributed by atoms with E-state index in [0.717, 1.165) is 53.1 Å². The second kappa shape index (κ2) is 10.4. The Morgan fingerprint density at radius 1 is 1.19 bits per heavy atom. The lowest BCUT2D eigenvalue weighted by Crippen LogP contribution is -2.35. The third kappa shape index (κ3) is 4.99. The number of hydrogen-bond donors (Lipinski definition) is 1. The van der Waals surface area contributed by atoms with Gasteiger partial charge in [0.1, 0.15) is 5.76 Å². The van der Waals surface area contributed by atoms with E-state index in [9.17, 15) is 4.79 Å². The van der Waals surface area contributed by atoms with Crippen molar-refractivity contribution in [1.82, 2.24) is 30.1 Å². The molecule has 0 aliphatic carbocycles. The summed E-state index contributed by atoms with van der Waals surface area (Å²) in [6, 6.07) is 9.86. The van der Waals surface area contributed by atoms with Gasteiger partial charge in [-0.2, -0.15) is 0 Å². The molecule has 3 aromatic heterocycles. The highest BCUT2D eigenvalue weighted by atomic mass is 16.5. The SMILES string of the molecule is Cc1ccc(C)c2[nH]c(=O)c(CN(Cc3ccco3)[C@H](c3nnnn3C[C@@H]3CCCO3)C(C)C)cc12. The van der Waals surface area contributed by atoms with E-state index in [1.807, 2.05) is 35.9 Å². The quantitative estimate of drug-likeness (QED) is 0.373. The number of furan rings is 1. The zero-order valence-corrected chi connectivity index (χ0v) is 21.4. The predicted molar refractivity (Wildman–Crippen MR) is 136 cm³/mol. The molecule has 1 aromatic carbocycles. The Labute approximate surface area is 210 Å². The molecule has 36 heavy (non-hydrogen) atoms. The van der Waals surface area contributed by atoms with E-state index in [1.165, 1.54) is 0 Å². The van der Waals surface area contributed by atoms with Gasteiger partial charge in [-0.05, 0) is 72.4 Å². The fourth-order valence-electron chi connectivity index (χ4n) is 5.23. The van der Waals surface area contributed by atoms with Crippen molar-refractivity contribution < 1.29 is 9.15 Å². The van der Waals surface area contributed by atoms with Crippen molar-refractivity contribution in [3.05, 3.63) is 75.2 Å². The third-order valence-corrected chi connectivity index (χ3v) is 7.08. The molecule has 0 bridgehead atoms. The van der Waals surface area contributed by atoms with Crippen LogP contribution in [0.4, 0.5) is 0 Å². The molecule has 1 aliphatic heterocycles. The van der Waals surface area contributed by atoms with E-state index in [4.69, 9.17) is 9.15 Å². The number of rotatable bonds is 9. The molecule has 0 saturated carbocycles. The molecule has 9 heteroatoms. The normalized spacial score (nSPS) is 17.0. The minimum Gasteiger partial charge on any atom is -0.468 e. The molecule has 0 amide bonds. The summed E-state index contributed by atoms with van der Waals surface area (Å²) in [4.78, 5) is 18.6. The Morgan fingerprint density at radius 2 is 2.03 bits per heavy atom. The Morgan fingerprint density at radius 3 is 2.75 bits per heavy atom. The van der Waals surface area contributed by atoms with Crippen LogP contribution in [0, 0.1) is 19.8 Å². The monoisotopic (exact) mass is 490 g/mol. The van der Waals surface area contributed by atoms with Crippen LogP contribution in [0.25, 0.3) is 10.9 Å². The van der Waals surface area contributed by atoms with Crippen molar-refractivity contribution in [2.75, 3.05) is 6.61 Å². The van der Waals surface area contributed by atoms with Crippen LogP contribution in [0.1, 0.15) is 61.0 Å². The fourth-order valence-corrected chi connectivity index (χ4v) is 5.23. The van der Waals surface area contributed by atoms with E-state index < -0.39 is 0 Å². The predicted octanol–water partition coefficient (Wildman–Crippen LogP) is 4.30. The van der Waals surface area contributed by atoms with Crippen molar-refractivity contribution >= 4 is 10.9 Å². The lowest BCUT2D eigenvalue weighted by molar-refractivity contribution is 0.0836. The minimum absolute atomic E-state index is 0.0814. The van der Waals surface area contributed by atoms with Crippen LogP contribution < -0.4 is 5.56 Å². The zero-order chi connectivity index (χ0) is 25.2. The summed E-state index contributed by atoms with van der Waals surface area (Å²) in [6.45, 7) is 10.7. The number of H-pyrrole nitrogens is 1. The molecule has 0 spiro atoms. The summed E-state index contributed by atoms with van der Waals surface area (Å²) in [7, 11) is 0. The van der Waals surface area contributed by atoms with E-state index in [2.05, 4.69) is 52.2 Å². The second-order valence-corrected chi connectivity index (χ2v) is 10.1. The highest BCUT2D eigenvalue weighted by Crippen LogP contribution is 2.31. The molecule has 1 fully saturated rings. The Balaban J connectivity index is 1.54. The smallest absolute Gasteiger partial charge is 0.252 e. The molecule has 0 unspecified atom stereocenters. The van der Waals surface area contributed by atoms with Gasteiger partial charge in [0.15, 0.2) is 5.82 Å². The maximum absolute atomic E-state index is 13.2. The average molecular weight is 491 g/mol. The first-order chi connectivity index (χ1) is 17.4. The number of aromatic amines is 1. The first kappa shape index (κ1) is 24.4. The van der Waals surface area contributed by atoms with Gasteiger partial charge in [-0.15, -0.1) is 5.10 Å². The van der Waals surface area contributed by atoms with Gasteiger partial charge in [0.05, 0.1) is 37.0 Å².